The fourth-order valence-corrected chi connectivity index (χ4v) is 6.18. The minimum absolute atomic E-state index is 0.0360. The molecule has 0 spiro atoms. The van der Waals surface area contributed by atoms with Gasteiger partial charge in [0.05, 0.1) is 11.1 Å². The Morgan fingerprint density at radius 3 is 2.15 bits per heavy atom. The van der Waals surface area contributed by atoms with Crippen LogP contribution in [0.5, 0.6) is 5.75 Å². The molecule has 0 saturated carbocycles. The predicted octanol–water partition coefficient (Wildman–Crippen LogP) is 4.76. The lowest BCUT2D eigenvalue weighted by atomic mass is 10.0. The van der Waals surface area contributed by atoms with Crippen molar-refractivity contribution < 1.29 is 25.8 Å². The van der Waals surface area contributed by atoms with Crippen molar-refractivity contribution in [3.05, 3.63) is 102 Å². The first-order valence-corrected chi connectivity index (χ1v) is 15.8. The highest BCUT2D eigenvalue weighted by molar-refractivity contribution is 7.89. The molecule has 4 rings (SSSR count). The normalized spacial score (nSPS) is 13.0. The summed E-state index contributed by atoms with van der Waals surface area (Å²) in [7, 11) is -7.97. The van der Waals surface area contributed by atoms with Crippen LogP contribution in [0.2, 0.25) is 0 Å². The van der Waals surface area contributed by atoms with Gasteiger partial charge in [0.15, 0.2) is 0 Å². The summed E-state index contributed by atoms with van der Waals surface area (Å²) in [6.45, 7) is 5.62. The number of amides is 1. The summed E-state index contributed by atoms with van der Waals surface area (Å²) in [5.74, 6) is -0.456. The number of nitrogens with one attached hydrogen (secondary N) is 2. The average molecular weight is 594 g/mol. The smallest absolute Gasteiger partial charge is 0.339 e. The van der Waals surface area contributed by atoms with Crippen molar-refractivity contribution >= 4 is 43.0 Å². The van der Waals surface area contributed by atoms with Crippen molar-refractivity contribution in [3.63, 3.8) is 0 Å². The molecule has 0 heterocycles. The molecule has 41 heavy (non-hydrogen) atoms. The van der Waals surface area contributed by atoms with E-state index in [-0.39, 0.29) is 27.9 Å². The predicted molar refractivity (Wildman–Crippen MR) is 159 cm³/mol. The van der Waals surface area contributed by atoms with Gasteiger partial charge in [-0.1, -0.05) is 61.9 Å². The third-order valence-electron chi connectivity index (χ3n) is 6.14. The second-order valence-corrected chi connectivity index (χ2v) is 13.2. The van der Waals surface area contributed by atoms with Crippen molar-refractivity contribution in [2.75, 3.05) is 0 Å². The van der Waals surface area contributed by atoms with E-state index in [9.17, 15) is 21.6 Å². The maximum Gasteiger partial charge on any atom is 0.339 e. The van der Waals surface area contributed by atoms with Gasteiger partial charge in [0, 0.05) is 0 Å². The quantitative estimate of drug-likeness (QED) is 0.147. The van der Waals surface area contributed by atoms with Crippen LogP contribution in [0.15, 0.2) is 106 Å². The molecular formula is C30H31N3O6S2. The molecule has 0 aromatic heterocycles. The molecule has 0 bridgehead atoms. The van der Waals surface area contributed by atoms with Gasteiger partial charge in [-0.05, 0) is 84.1 Å². The number of hydrazone groups is 1. The summed E-state index contributed by atoms with van der Waals surface area (Å²) < 4.78 is 59.0. The van der Waals surface area contributed by atoms with Crippen LogP contribution in [0.3, 0.4) is 0 Å². The van der Waals surface area contributed by atoms with Gasteiger partial charge in [0.2, 0.25) is 10.0 Å². The summed E-state index contributed by atoms with van der Waals surface area (Å²) in [6.07, 6.45) is 1.63. The highest BCUT2D eigenvalue weighted by Crippen LogP contribution is 2.23. The monoisotopic (exact) mass is 593 g/mol. The number of aryl methyl sites for hydroxylation is 1. The Labute approximate surface area is 240 Å². The van der Waals surface area contributed by atoms with Crippen molar-refractivity contribution in [1.29, 1.82) is 0 Å². The molecule has 214 valence electrons. The lowest BCUT2D eigenvalue weighted by Crippen LogP contribution is -2.46. The van der Waals surface area contributed by atoms with E-state index in [2.05, 4.69) is 15.2 Å². The maximum atomic E-state index is 12.8. The van der Waals surface area contributed by atoms with Crippen molar-refractivity contribution in [1.82, 2.24) is 10.1 Å². The second-order valence-electron chi connectivity index (χ2n) is 9.97. The minimum Gasteiger partial charge on any atom is -0.379 e. The van der Waals surface area contributed by atoms with E-state index in [1.54, 1.807) is 36.4 Å². The van der Waals surface area contributed by atoms with Crippen molar-refractivity contribution in [2.45, 2.75) is 43.0 Å². The molecule has 0 aliphatic carbocycles. The van der Waals surface area contributed by atoms with E-state index in [0.29, 0.717) is 5.56 Å². The zero-order chi connectivity index (χ0) is 29.6. The Balaban J connectivity index is 1.39. The summed E-state index contributed by atoms with van der Waals surface area (Å²) in [5, 5.41) is 5.65. The highest BCUT2D eigenvalue weighted by atomic mass is 32.2. The standard InChI is InChI=1S/C30H31N3O6S2/c1-21(2)18-29(33-40(35,36)27-15-8-22(3)9-16-27)30(34)32-31-20-23-10-13-26(14-11-23)39-41(37,38)28-17-12-24-6-4-5-7-25(24)19-28/h4-17,19-21,29,33H,18H2,1-3H3,(H,32,34)/b31-20-/t29-/m0/s1. The Morgan fingerprint density at radius 2 is 1.49 bits per heavy atom. The highest BCUT2D eigenvalue weighted by Gasteiger charge is 2.26. The summed E-state index contributed by atoms with van der Waals surface area (Å²) in [4.78, 5) is 12.9. The van der Waals surface area contributed by atoms with Gasteiger partial charge in [-0.2, -0.15) is 18.2 Å². The number of carbonyl (C=O) groups is 1. The molecule has 0 aliphatic rings. The van der Waals surface area contributed by atoms with E-state index in [0.717, 1.165) is 16.3 Å². The Hall–Kier alpha value is -4.06. The van der Waals surface area contributed by atoms with Crippen LogP contribution in [0, 0.1) is 12.8 Å². The van der Waals surface area contributed by atoms with Gasteiger partial charge in [-0.3, -0.25) is 4.79 Å². The number of fused-ring (bicyclic) bond motifs is 1. The van der Waals surface area contributed by atoms with E-state index < -0.39 is 32.1 Å². The molecule has 0 radical (unpaired) electrons. The van der Waals surface area contributed by atoms with Crippen LogP contribution < -0.4 is 14.3 Å². The maximum absolute atomic E-state index is 12.8. The molecule has 0 saturated heterocycles. The molecule has 2 N–H and O–H groups in total. The fraction of sp³-hybridized carbons (Fsp3) is 0.200. The minimum atomic E-state index is -4.05. The average Bonchev–Trinajstić information content (AvgIpc) is 2.93. The van der Waals surface area contributed by atoms with E-state index in [1.807, 2.05) is 45.0 Å². The van der Waals surface area contributed by atoms with Gasteiger partial charge in [-0.25, -0.2) is 13.8 Å². The molecule has 1 atom stereocenters. The first kappa shape index (κ1) is 29.9. The van der Waals surface area contributed by atoms with Crippen LogP contribution in [0.25, 0.3) is 10.8 Å². The lowest BCUT2D eigenvalue weighted by Gasteiger charge is -2.19. The van der Waals surface area contributed by atoms with Crippen LogP contribution in [0.4, 0.5) is 0 Å². The third kappa shape index (κ3) is 8.00. The fourth-order valence-electron chi connectivity index (χ4n) is 4.01. The molecule has 1 amide bonds. The molecule has 4 aromatic carbocycles. The largest absolute Gasteiger partial charge is 0.379 e. The molecular weight excluding hydrogens is 562 g/mol. The summed E-state index contributed by atoms with van der Waals surface area (Å²) in [5.41, 5.74) is 3.86. The number of sulfonamides is 1. The van der Waals surface area contributed by atoms with Gasteiger partial charge in [-0.15, -0.1) is 0 Å². The topological polar surface area (TPSA) is 131 Å². The number of carbonyl (C=O) groups excluding carboxylic acids is 1. The Bertz CT molecular complexity index is 1770. The van der Waals surface area contributed by atoms with Gasteiger partial charge in [0.25, 0.3) is 5.91 Å². The molecule has 0 unspecified atom stereocenters. The van der Waals surface area contributed by atoms with Crippen LogP contribution in [-0.4, -0.2) is 35.0 Å². The number of hydrogen-bond donors (Lipinski definition) is 2. The lowest BCUT2D eigenvalue weighted by molar-refractivity contribution is -0.123. The number of benzene rings is 4. The molecule has 9 nitrogen and oxygen atoms in total. The molecule has 4 aromatic rings. The van der Waals surface area contributed by atoms with E-state index in [4.69, 9.17) is 4.18 Å². The van der Waals surface area contributed by atoms with E-state index in [1.165, 1.54) is 36.5 Å². The Morgan fingerprint density at radius 1 is 0.854 bits per heavy atom. The summed E-state index contributed by atoms with van der Waals surface area (Å²) >= 11 is 0. The van der Waals surface area contributed by atoms with E-state index >= 15 is 0 Å². The van der Waals surface area contributed by atoms with Crippen LogP contribution in [-0.2, 0) is 24.9 Å². The second kappa shape index (κ2) is 12.6. The van der Waals surface area contributed by atoms with Gasteiger partial charge < -0.3 is 4.18 Å². The number of rotatable bonds is 11. The third-order valence-corrected chi connectivity index (χ3v) is 8.87. The zero-order valence-corrected chi connectivity index (χ0v) is 24.4. The SMILES string of the molecule is Cc1ccc(S(=O)(=O)N[C@@H](CC(C)C)C(=O)N/N=C\c2ccc(OS(=O)(=O)c3ccc4ccccc4c3)cc2)cc1. The Kier molecular flexibility index (Phi) is 9.21. The van der Waals surface area contributed by atoms with Gasteiger partial charge in [0.1, 0.15) is 16.7 Å². The summed E-state index contributed by atoms with van der Waals surface area (Å²) in [6, 6.07) is 23.6. The van der Waals surface area contributed by atoms with Crippen molar-refractivity contribution in [2.24, 2.45) is 11.0 Å². The first-order valence-electron chi connectivity index (χ1n) is 12.9. The molecule has 11 heteroatoms. The van der Waals surface area contributed by atoms with Gasteiger partial charge >= 0.3 is 10.1 Å². The molecule has 0 fully saturated rings. The first-order chi connectivity index (χ1) is 19.4. The zero-order valence-electron chi connectivity index (χ0n) is 22.8. The van der Waals surface area contributed by atoms with Crippen LogP contribution >= 0.6 is 0 Å². The number of nitrogens with zero attached hydrogens (tertiary/aromatic N) is 1. The van der Waals surface area contributed by atoms with Crippen LogP contribution in [0.1, 0.15) is 31.4 Å². The van der Waals surface area contributed by atoms with Crippen molar-refractivity contribution in [3.8, 4) is 5.75 Å². The number of hydrogen-bond acceptors (Lipinski definition) is 7. The molecule has 0 aliphatic heterocycles.